The molecule has 0 spiro atoms. The van der Waals surface area contributed by atoms with Crippen LogP contribution in [0, 0.1) is 11.8 Å². The molecule has 2 nitrogen and oxygen atoms in total. The molecule has 1 atom stereocenters. The molecular weight excluding hydrogens is 244 g/mol. The molecule has 2 fully saturated rings. The van der Waals surface area contributed by atoms with Crippen LogP contribution in [0.1, 0.15) is 72.1 Å². The predicted molar refractivity (Wildman–Crippen MR) is 88.1 cm³/mol. The summed E-state index contributed by atoms with van der Waals surface area (Å²) in [4.78, 5) is 2.65. The van der Waals surface area contributed by atoms with E-state index in [0.717, 1.165) is 23.9 Å². The van der Waals surface area contributed by atoms with Crippen molar-refractivity contribution < 1.29 is 0 Å². The fourth-order valence-electron chi connectivity index (χ4n) is 4.02. The van der Waals surface area contributed by atoms with Crippen LogP contribution in [0.25, 0.3) is 0 Å². The average Bonchev–Trinajstić information content (AvgIpc) is 2.71. The molecule has 2 rings (SSSR count). The van der Waals surface area contributed by atoms with Crippen LogP contribution in [0.4, 0.5) is 0 Å². The maximum absolute atomic E-state index is 3.90. The van der Waals surface area contributed by atoms with Gasteiger partial charge in [-0.3, -0.25) is 0 Å². The minimum absolute atomic E-state index is 0.720. The minimum atomic E-state index is 0.720. The SMILES string of the molecule is CCC1CCC(CNC2CCCN(C(C)C)CC2)CC1. The number of nitrogens with one attached hydrogen (secondary N) is 1. The van der Waals surface area contributed by atoms with Gasteiger partial charge in [-0.05, 0) is 77.4 Å². The zero-order valence-corrected chi connectivity index (χ0v) is 14.0. The highest BCUT2D eigenvalue weighted by atomic mass is 15.1. The second-order valence-corrected chi connectivity index (χ2v) is 7.46. The first-order valence-electron chi connectivity index (χ1n) is 9.16. The molecule has 1 heterocycles. The second kappa shape index (κ2) is 8.38. The van der Waals surface area contributed by atoms with Crippen LogP contribution in [0.5, 0.6) is 0 Å². The number of likely N-dealkylation sites (tertiary alicyclic amines) is 1. The molecule has 0 bridgehead atoms. The fraction of sp³-hybridized carbons (Fsp3) is 1.00. The molecule has 20 heavy (non-hydrogen) atoms. The molecule has 118 valence electrons. The molecule has 1 saturated heterocycles. The third-order valence-corrected chi connectivity index (χ3v) is 5.73. The Bertz CT molecular complexity index is 256. The lowest BCUT2D eigenvalue weighted by molar-refractivity contribution is 0.226. The molecule has 2 heteroatoms. The van der Waals surface area contributed by atoms with Crippen molar-refractivity contribution >= 4 is 0 Å². The fourth-order valence-corrected chi connectivity index (χ4v) is 4.02. The van der Waals surface area contributed by atoms with Gasteiger partial charge in [-0.2, -0.15) is 0 Å². The van der Waals surface area contributed by atoms with Gasteiger partial charge in [0.15, 0.2) is 0 Å². The Kier molecular flexibility index (Phi) is 6.83. The Labute approximate surface area is 126 Å². The van der Waals surface area contributed by atoms with Crippen LogP contribution >= 0.6 is 0 Å². The summed E-state index contributed by atoms with van der Waals surface area (Å²) in [5.41, 5.74) is 0. The molecule has 1 N–H and O–H groups in total. The van der Waals surface area contributed by atoms with Crippen molar-refractivity contribution in [3.05, 3.63) is 0 Å². The van der Waals surface area contributed by atoms with E-state index in [4.69, 9.17) is 0 Å². The Morgan fingerprint density at radius 3 is 2.30 bits per heavy atom. The number of hydrogen-bond donors (Lipinski definition) is 1. The highest BCUT2D eigenvalue weighted by Crippen LogP contribution is 2.30. The van der Waals surface area contributed by atoms with Crippen molar-refractivity contribution in [2.24, 2.45) is 11.8 Å². The van der Waals surface area contributed by atoms with E-state index >= 15 is 0 Å². The Balaban J connectivity index is 1.64. The smallest absolute Gasteiger partial charge is 0.00798 e. The van der Waals surface area contributed by atoms with Crippen LogP contribution in [0.15, 0.2) is 0 Å². The topological polar surface area (TPSA) is 15.3 Å². The van der Waals surface area contributed by atoms with Crippen LogP contribution in [-0.4, -0.2) is 36.6 Å². The van der Waals surface area contributed by atoms with E-state index in [0.29, 0.717) is 0 Å². The lowest BCUT2D eigenvalue weighted by atomic mass is 9.81. The molecule has 1 aliphatic heterocycles. The summed E-state index contributed by atoms with van der Waals surface area (Å²) in [6.45, 7) is 10.9. The predicted octanol–water partition coefficient (Wildman–Crippen LogP) is 4.06. The van der Waals surface area contributed by atoms with Crippen molar-refractivity contribution in [1.82, 2.24) is 10.2 Å². The van der Waals surface area contributed by atoms with Gasteiger partial charge in [-0.15, -0.1) is 0 Å². The van der Waals surface area contributed by atoms with Crippen molar-refractivity contribution in [3.63, 3.8) is 0 Å². The van der Waals surface area contributed by atoms with Gasteiger partial charge in [0.1, 0.15) is 0 Å². The lowest BCUT2D eigenvalue weighted by Gasteiger charge is -2.29. The summed E-state index contributed by atoms with van der Waals surface area (Å²) in [5, 5.41) is 3.90. The van der Waals surface area contributed by atoms with Gasteiger partial charge >= 0.3 is 0 Å². The largest absolute Gasteiger partial charge is 0.314 e. The third kappa shape index (κ3) is 5.04. The van der Waals surface area contributed by atoms with Crippen LogP contribution in [-0.2, 0) is 0 Å². The first kappa shape index (κ1) is 16.3. The summed E-state index contributed by atoms with van der Waals surface area (Å²) >= 11 is 0. The first-order valence-corrected chi connectivity index (χ1v) is 9.16. The molecule has 0 radical (unpaired) electrons. The summed E-state index contributed by atoms with van der Waals surface area (Å²) < 4.78 is 0. The lowest BCUT2D eigenvalue weighted by Crippen LogP contribution is -2.36. The zero-order valence-electron chi connectivity index (χ0n) is 14.0. The third-order valence-electron chi connectivity index (χ3n) is 5.73. The van der Waals surface area contributed by atoms with Gasteiger partial charge in [0.25, 0.3) is 0 Å². The number of hydrogen-bond acceptors (Lipinski definition) is 2. The Morgan fingerprint density at radius 1 is 0.950 bits per heavy atom. The number of nitrogens with zero attached hydrogens (tertiary/aromatic N) is 1. The van der Waals surface area contributed by atoms with E-state index in [1.807, 2.05) is 0 Å². The van der Waals surface area contributed by atoms with Gasteiger partial charge < -0.3 is 10.2 Å². The molecule has 0 aromatic rings. The average molecular weight is 280 g/mol. The molecule has 1 saturated carbocycles. The van der Waals surface area contributed by atoms with E-state index in [-0.39, 0.29) is 0 Å². The summed E-state index contributed by atoms with van der Waals surface area (Å²) in [7, 11) is 0. The number of rotatable bonds is 5. The van der Waals surface area contributed by atoms with Gasteiger partial charge in [-0.1, -0.05) is 26.2 Å². The van der Waals surface area contributed by atoms with Gasteiger partial charge in [0.2, 0.25) is 0 Å². The van der Waals surface area contributed by atoms with Crippen molar-refractivity contribution in [2.75, 3.05) is 19.6 Å². The van der Waals surface area contributed by atoms with Crippen LogP contribution in [0.3, 0.4) is 0 Å². The van der Waals surface area contributed by atoms with Crippen LogP contribution < -0.4 is 5.32 Å². The summed E-state index contributed by atoms with van der Waals surface area (Å²) in [6.07, 6.45) is 11.4. The maximum Gasteiger partial charge on any atom is 0.00798 e. The zero-order chi connectivity index (χ0) is 14.4. The minimum Gasteiger partial charge on any atom is -0.314 e. The van der Waals surface area contributed by atoms with E-state index in [1.54, 1.807) is 0 Å². The van der Waals surface area contributed by atoms with Crippen molar-refractivity contribution in [1.29, 1.82) is 0 Å². The van der Waals surface area contributed by atoms with Crippen LogP contribution in [0.2, 0.25) is 0 Å². The quantitative estimate of drug-likeness (QED) is 0.817. The van der Waals surface area contributed by atoms with Crippen molar-refractivity contribution in [3.8, 4) is 0 Å². The van der Waals surface area contributed by atoms with E-state index in [9.17, 15) is 0 Å². The standard InChI is InChI=1S/C18H36N2/c1-4-16-7-9-17(10-8-16)14-19-18-6-5-12-20(13-11-18)15(2)3/h15-19H,4-14H2,1-3H3. The Hall–Kier alpha value is -0.0800. The molecule has 0 aromatic carbocycles. The molecule has 1 unspecified atom stereocenters. The van der Waals surface area contributed by atoms with Gasteiger partial charge in [-0.25, -0.2) is 0 Å². The van der Waals surface area contributed by atoms with Gasteiger partial charge in [0, 0.05) is 12.1 Å². The normalized spacial score (nSPS) is 33.3. The molecule has 0 amide bonds. The van der Waals surface area contributed by atoms with E-state index in [1.165, 1.54) is 71.0 Å². The maximum atomic E-state index is 3.90. The van der Waals surface area contributed by atoms with Crippen molar-refractivity contribution in [2.45, 2.75) is 84.2 Å². The molecule has 0 aromatic heterocycles. The molecular formula is C18H36N2. The molecule has 1 aliphatic carbocycles. The van der Waals surface area contributed by atoms with E-state index in [2.05, 4.69) is 31.0 Å². The monoisotopic (exact) mass is 280 g/mol. The highest BCUT2D eigenvalue weighted by Gasteiger charge is 2.22. The van der Waals surface area contributed by atoms with E-state index < -0.39 is 0 Å². The molecule has 2 aliphatic rings. The Morgan fingerprint density at radius 2 is 1.65 bits per heavy atom. The van der Waals surface area contributed by atoms with Gasteiger partial charge in [0.05, 0.1) is 0 Å². The second-order valence-electron chi connectivity index (χ2n) is 7.46. The summed E-state index contributed by atoms with van der Waals surface area (Å²) in [6, 6.07) is 1.50. The first-order chi connectivity index (χ1) is 9.69. The summed E-state index contributed by atoms with van der Waals surface area (Å²) in [5.74, 6) is 1.99. The highest BCUT2D eigenvalue weighted by molar-refractivity contribution is 4.79.